The van der Waals surface area contributed by atoms with Crippen LogP contribution >= 0.6 is 0 Å². The van der Waals surface area contributed by atoms with Gasteiger partial charge in [-0.25, -0.2) is 4.98 Å². The minimum absolute atomic E-state index is 0.0978. The van der Waals surface area contributed by atoms with Crippen LogP contribution in [0.2, 0.25) is 0 Å². The number of benzene rings is 1. The number of rotatable bonds is 0. The van der Waals surface area contributed by atoms with Gasteiger partial charge in [0.05, 0.1) is 11.1 Å². The Bertz CT molecular complexity index is 1150. The lowest BCUT2D eigenvalue weighted by atomic mass is 9.90. The van der Waals surface area contributed by atoms with E-state index in [4.69, 9.17) is 0 Å². The molecule has 5 rings (SSSR count). The standard InChI is InChI=1S/C18H9N3O2/c22-12-6-8-19-15-14(12)18(23)17-13-10(5-7-20-17)9-3-1-2-4-11(9)21-16(13)15/h1-8H,(H,19,22). The summed E-state index contributed by atoms with van der Waals surface area (Å²) < 4.78 is 0. The molecule has 5 nitrogen and oxygen atoms in total. The smallest absolute Gasteiger partial charge is 0.218 e. The van der Waals surface area contributed by atoms with Crippen LogP contribution in [0.15, 0.2) is 48.8 Å². The molecular weight excluding hydrogens is 290 g/mol. The Balaban J connectivity index is 2.10. The van der Waals surface area contributed by atoms with Crippen molar-refractivity contribution in [3.63, 3.8) is 0 Å². The Hall–Kier alpha value is -3.34. The van der Waals surface area contributed by atoms with Crippen molar-refractivity contribution in [1.29, 1.82) is 0 Å². The number of carbonyl (C=O) groups excluding carboxylic acids is 1. The van der Waals surface area contributed by atoms with Crippen molar-refractivity contribution in [2.24, 2.45) is 0 Å². The maximum Gasteiger partial charge on any atom is 0.218 e. The molecule has 1 N–H and O–H groups in total. The first-order valence-corrected chi connectivity index (χ1v) is 7.16. The molecule has 3 heterocycles. The third kappa shape index (κ3) is 1.46. The van der Waals surface area contributed by atoms with Crippen LogP contribution in [0.1, 0.15) is 16.1 Å². The van der Waals surface area contributed by atoms with Gasteiger partial charge in [0.15, 0.2) is 0 Å². The molecule has 4 aromatic rings. The number of carbonyl (C=O) groups is 1. The van der Waals surface area contributed by atoms with E-state index in [1.165, 1.54) is 12.3 Å². The molecule has 1 aromatic carbocycles. The van der Waals surface area contributed by atoms with Gasteiger partial charge in [0.2, 0.25) is 5.78 Å². The first kappa shape index (κ1) is 12.2. The van der Waals surface area contributed by atoms with E-state index in [1.807, 2.05) is 30.3 Å². The topological polar surface area (TPSA) is 76.0 Å². The summed E-state index contributed by atoms with van der Waals surface area (Å²) in [5.74, 6) is -0.416. The minimum atomic E-state index is -0.319. The van der Waals surface area contributed by atoms with Crippen LogP contribution in [-0.4, -0.2) is 25.8 Å². The maximum absolute atomic E-state index is 12.8. The van der Waals surface area contributed by atoms with Gasteiger partial charge in [-0.3, -0.25) is 14.8 Å². The number of hydrogen-bond acceptors (Lipinski definition) is 5. The van der Waals surface area contributed by atoms with E-state index in [9.17, 15) is 9.90 Å². The van der Waals surface area contributed by atoms with Gasteiger partial charge in [-0.2, -0.15) is 0 Å². The second-order valence-electron chi connectivity index (χ2n) is 5.44. The molecule has 0 atom stereocenters. The number of nitrogens with zero attached hydrogens (tertiary/aromatic N) is 3. The van der Waals surface area contributed by atoms with E-state index in [-0.39, 0.29) is 17.1 Å². The van der Waals surface area contributed by atoms with Crippen molar-refractivity contribution in [3.8, 4) is 17.1 Å². The summed E-state index contributed by atoms with van der Waals surface area (Å²) in [4.78, 5) is 26.0. The molecule has 0 saturated carbocycles. The van der Waals surface area contributed by atoms with Crippen LogP contribution < -0.4 is 0 Å². The molecule has 0 unspecified atom stereocenters. The van der Waals surface area contributed by atoms with E-state index in [0.29, 0.717) is 22.5 Å². The van der Waals surface area contributed by atoms with Crippen molar-refractivity contribution in [2.45, 2.75) is 0 Å². The minimum Gasteiger partial charge on any atom is -0.507 e. The van der Waals surface area contributed by atoms with E-state index < -0.39 is 0 Å². The van der Waals surface area contributed by atoms with Crippen molar-refractivity contribution in [1.82, 2.24) is 15.0 Å². The fourth-order valence-electron chi connectivity index (χ4n) is 3.22. The third-order valence-electron chi connectivity index (χ3n) is 4.21. The molecule has 0 fully saturated rings. The van der Waals surface area contributed by atoms with E-state index in [1.54, 1.807) is 6.20 Å². The highest BCUT2D eigenvalue weighted by Crippen LogP contribution is 2.41. The van der Waals surface area contributed by atoms with Crippen molar-refractivity contribution < 1.29 is 9.90 Å². The van der Waals surface area contributed by atoms with Gasteiger partial charge in [0, 0.05) is 23.2 Å². The highest BCUT2D eigenvalue weighted by molar-refractivity contribution is 6.27. The number of aromatic nitrogens is 3. The Kier molecular flexibility index (Phi) is 2.18. The second-order valence-corrected chi connectivity index (χ2v) is 5.44. The highest BCUT2D eigenvalue weighted by atomic mass is 16.3. The van der Waals surface area contributed by atoms with Gasteiger partial charge in [-0.1, -0.05) is 18.2 Å². The molecule has 0 saturated heterocycles. The molecule has 0 amide bonds. The summed E-state index contributed by atoms with van der Waals surface area (Å²) in [6.07, 6.45) is 3.09. The maximum atomic E-state index is 12.8. The predicted octanol–water partition coefficient (Wildman–Crippen LogP) is 3.10. The zero-order valence-corrected chi connectivity index (χ0v) is 11.8. The number of aromatic hydroxyl groups is 1. The van der Waals surface area contributed by atoms with Crippen LogP contribution in [0.25, 0.3) is 33.1 Å². The first-order chi connectivity index (χ1) is 11.3. The van der Waals surface area contributed by atoms with Crippen LogP contribution in [-0.2, 0) is 0 Å². The Morgan fingerprint density at radius 2 is 1.61 bits per heavy atom. The fraction of sp³-hybridized carbons (Fsp3) is 0. The monoisotopic (exact) mass is 299 g/mol. The predicted molar refractivity (Wildman–Crippen MR) is 85.4 cm³/mol. The van der Waals surface area contributed by atoms with Crippen LogP contribution in [0.3, 0.4) is 0 Å². The SMILES string of the molecule is O=C1c2c(O)ccnc2-c2nc3ccccc3c3ccnc1c23. The zero-order valence-electron chi connectivity index (χ0n) is 11.8. The largest absolute Gasteiger partial charge is 0.507 e. The Morgan fingerprint density at radius 1 is 0.826 bits per heavy atom. The molecule has 1 aliphatic rings. The summed E-state index contributed by atoms with van der Waals surface area (Å²) >= 11 is 0. The lowest BCUT2D eigenvalue weighted by Gasteiger charge is -2.19. The lowest BCUT2D eigenvalue weighted by Crippen LogP contribution is -2.14. The van der Waals surface area contributed by atoms with Crippen molar-refractivity contribution in [3.05, 3.63) is 60.0 Å². The Labute approximate surface area is 130 Å². The van der Waals surface area contributed by atoms with Gasteiger partial charge < -0.3 is 5.11 Å². The first-order valence-electron chi connectivity index (χ1n) is 7.16. The normalized spacial score (nSPS) is 12.6. The average molecular weight is 299 g/mol. The molecule has 23 heavy (non-hydrogen) atoms. The molecule has 0 spiro atoms. The molecule has 1 aliphatic carbocycles. The number of ketones is 1. The van der Waals surface area contributed by atoms with Crippen LogP contribution in [0.4, 0.5) is 0 Å². The highest BCUT2D eigenvalue weighted by Gasteiger charge is 2.31. The Morgan fingerprint density at radius 3 is 2.52 bits per heavy atom. The second kappa shape index (κ2) is 4.10. The average Bonchev–Trinajstić information content (AvgIpc) is 2.59. The lowest BCUT2D eigenvalue weighted by molar-refractivity contribution is 0.103. The molecule has 0 aliphatic heterocycles. The van der Waals surface area contributed by atoms with Gasteiger partial charge in [-0.15, -0.1) is 0 Å². The number of pyridine rings is 3. The number of para-hydroxylation sites is 1. The molecule has 0 bridgehead atoms. The zero-order chi connectivity index (χ0) is 15.6. The summed E-state index contributed by atoms with van der Waals surface area (Å²) in [5, 5.41) is 12.7. The molecule has 108 valence electrons. The van der Waals surface area contributed by atoms with Crippen LogP contribution in [0.5, 0.6) is 5.75 Å². The third-order valence-corrected chi connectivity index (χ3v) is 4.21. The van der Waals surface area contributed by atoms with Crippen molar-refractivity contribution >= 4 is 27.5 Å². The quantitative estimate of drug-likeness (QED) is 0.445. The van der Waals surface area contributed by atoms with E-state index in [0.717, 1.165) is 16.3 Å². The molecular formula is C18H9N3O2. The van der Waals surface area contributed by atoms with E-state index >= 15 is 0 Å². The number of fused-ring (bicyclic) bond motifs is 4. The van der Waals surface area contributed by atoms with Gasteiger partial charge >= 0.3 is 0 Å². The summed E-state index contributed by atoms with van der Waals surface area (Å²) in [7, 11) is 0. The molecule has 3 aromatic heterocycles. The summed E-state index contributed by atoms with van der Waals surface area (Å²) in [6.45, 7) is 0. The fourth-order valence-corrected chi connectivity index (χ4v) is 3.22. The van der Waals surface area contributed by atoms with Crippen molar-refractivity contribution in [2.75, 3.05) is 0 Å². The van der Waals surface area contributed by atoms with Gasteiger partial charge in [0.25, 0.3) is 0 Å². The van der Waals surface area contributed by atoms with Gasteiger partial charge in [-0.05, 0) is 23.6 Å². The summed E-state index contributed by atoms with van der Waals surface area (Å²) in [6, 6.07) is 11.0. The van der Waals surface area contributed by atoms with E-state index in [2.05, 4.69) is 15.0 Å². The molecule has 0 radical (unpaired) electrons. The molecule has 5 heteroatoms. The van der Waals surface area contributed by atoms with Crippen LogP contribution in [0, 0.1) is 0 Å². The van der Waals surface area contributed by atoms with Gasteiger partial charge in [0.1, 0.15) is 22.8 Å². The summed E-state index contributed by atoms with van der Waals surface area (Å²) in [5.41, 5.74) is 2.30. The number of hydrogen-bond donors (Lipinski definition) is 1.